The Bertz CT molecular complexity index is 425. The Morgan fingerprint density at radius 3 is 2.62 bits per heavy atom. The summed E-state index contributed by atoms with van der Waals surface area (Å²) in [5.41, 5.74) is -0.972. The van der Waals surface area contributed by atoms with Crippen LogP contribution in [0.15, 0.2) is 15.3 Å². The Labute approximate surface area is 95.7 Å². The first kappa shape index (κ1) is 13.1. The summed E-state index contributed by atoms with van der Waals surface area (Å²) in [4.78, 5) is 11.3. The molecule has 16 heavy (non-hydrogen) atoms. The van der Waals surface area contributed by atoms with Gasteiger partial charge in [-0.15, -0.1) is 0 Å². The first-order valence-corrected chi connectivity index (χ1v) is 6.08. The van der Waals surface area contributed by atoms with E-state index in [0.29, 0.717) is 0 Å². The molecule has 90 valence electrons. The third kappa shape index (κ3) is 3.57. The van der Waals surface area contributed by atoms with Gasteiger partial charge in [-0.2, -0.15) is 0 Å². The molecule has 0 aliphatic heterocycles. The van der Waals surface area contributed by atoms with E-state index in [2.05, 4.69) is 4.42 Å². The van der Waals surface area contributed by atoms with Crippen LogP contribution >= 0.6 is 0 Å². The number of alkyl halides is 3. The minimum atomic E-state index is -4.40. The third-order valence-corrected chi connectivity index (χ3v) is 3.20. The van der Waals surface area contributed by atoms with Gasteiger partial charge in [-0.1, -0.05) is 0 Å². The van der Waals surface area contributed by atoms with Gasteiger partial charge in [0.25, 0.3) is 0 Å². The predicted molar refractivity (Wildman–Crippen MR) is 52.3 cm³/mol. The molecule has 1 aromatic rings. The van der Waals surface area contributed by atoms with Gasteiger partial charge >= 0.3 is 95.3 Å². The fourth-order valence-corrected chi connectivity index (χ4v) is 2.25. The molecular weight excluding hydrogens is 292 g/mol. The zero-order valence-corrected chi connectivity index (χ0v) is 10.3. The summed E-state index contributed by atoms with van der Waals surface area (Å²) in [5, 5.41) is -4.40. The van der Waals surface area contributed by atoms with Crippen LogP contribution in [0.3, 0.4) is 0 Å². The van der Waals surface area contributed by atoms with Gasteiger partial charge in [-0.3, -0.25) is 0 Å². The van der Waals surface area contributed by atoms with Crippen LogP contribution < -0.4 is 14.8 Å². The Hall–Kier alpha value is -0.941. The second-order valence-corrected chi connectivity index (χ2v) is 5.07. The van der Waals surface area contributed by atoms with Crippen LogP contribution in [0.1, 0.15) is 12.7 Å². The zero-order chi connectivity index (χ0) is 12.3. The molecule has 1 rings (SSSR count). The first-order chi connectivity index (χ1) is 7.33. The summed E-state index contributed by atoms with van der Waals surface area (Å²) in [6.45, 7) is 3.31. The number of ether oxygens (including phenoxy) is 1. The first-order valence-electron chi connectivity index (χ1n) is 4.36. The van der Waals surface area contributed by atoms with E-state index in [9.17, 15) is 18.0 Å². The van der Waals surface area contributed by atoms with Gasteiger partial charge in [0.15, 0.2) is 0 Å². The Morgan fingerprint density at radius 1 is 1.50 bits per heavy atom. The second-order valence-electron chi connectivity index (χ2n) is 2.82. The van der Waals surface area contributed by atoms with E-state index in [1.807, 2.05) is 0 Å². The Morgan fingerprint density at radius 2 is 2.12 bits per heavy atom. The standard InChI is InChI=1S/C9H9F3O3Se/c1-3-14-6-4-5(2)15-8(13)7(6)16-9(10,11)12/h4H,3H2,1-2H3. The molecule has 7 heteroatoms. The van der Waals surface area contributed by atoms with Crippen molar-refractivity contribution in [1.82, 2.24) is 0 Å². The average Bonchev–Trinajstić information content (AvgIpc) is 2.10. The van der Waals surface area contributed by atoms with Crippen LogP contribution in [0, 0.1) is 6.92 Å². The van der Waals surface area contributed by atoms with Crippen LogP contribution in [0.5, 0.6) is 5.75 Å². The Kier molecular flexibility index (Phi) is 4.04. The quantitative estimate of drug-likeness (QED) is 0.788. The molecule has 0 aliphatic rings. The zero-order valence-electron chi connectivity index (χ0n) is 8.55. The van der Waals surface area contributed by atoms with E-state index < -0.39 is 30.1 Å². The van der Waals surface area contributed by atoms with Gasteiger partial charge in [-0.05, 0) is 0 Å². The molecule has 0 fully saturated rings. The molecular formula is C9H9F3O3Se. The van der Waals surface area contributed by atoms with Gasteiger partial charge in [0.1, 0.15) is 0 Å². The summed E-state index contributed by atoms with van der Waals surface area (Å²) in [6, 6.07) is 1.30. The number of halogens is 3. The number of hydrogen-bond acceptors (Lipinski definition) is 3. The van der Waals surface area contributed by atoms with Crippen LogP contribution in [0.25, 0.3) is 0 Å². The van der Waals surface area contributed by atoms with Crippen molar-refractivity contribution < 1.29 is 22.3 Å². The molecule has 0 saturated carbocycles. The molecule has 0 amide bonds. The number of hydrogen-bond donors (Lipinski definition) is 0. The average molecular weight is 301 g/mol. The molecule has 0 aromatic carbocycles. The maximum absolute atomic E-state index is 12.2. The fraction of sp³-hybridized carbons (Fsp3) is 0.444. The number of aryl methyl sites for hydroxylation is 1. The van der Waals surface area contributed by atoms with Gasteiger partial charge in [0, 0.05) is 0 Å². The molecule has 0 saturated heterocycles. The van der Waals surface area contributed by atoms with Crippen molar-refractivity contribution >= 4 is 19.4 Å². The molecule has 0 bridgehead atoms. The van der Waals surface area contributed by atoms with Gasteiger partial charge in [0.2, 0.25) is 0 Å². The van der Waals surface area contributed by atoms with E-state index in [0.717, 1.165) is 0 Å². The topological polar surface area (TPSA) is 39.4 Å². The SMILES string of the molecule is CCOc1cc(C)oc(=O)c1[Se]C(F)(F)F. The number of rotatable bonds is 3. The molecule has 0 radical (unpaired) electrons. The molecule has 0 atom stereocenters. The van der Waals surface area contributed by atoms with Gasteiger partial charge < -0.3 is 0 Å². The maximum atomic E-state index is 12.2. The summed E-state index contributed by atoms with van der Waals surface area (Å²) < 4.78 is 45.9. The van der Waals surface area contributed by atoms with E-state index in [4.69, 9.17) is 4.74 Å². The molecule has 3 nitrogen and oxygen atoms in total. The summed E-state index contributed by atoms with van der Waals surface area (Å²) in [6.07, 6.45) is 0. The van der Waals surface area contributed by atoms with Crippen molar-refractivity contribution in [1.29, 1.82) is 0 Å². The summed E-state index contributed by atoms with van der Waals surface area (Å²) >= 11 is -1.95. The monoisotopic (exact) mass is 302 g/mol. The molecule has 1 heterocycles. The third-order valence-electron chi connectivity index (χ3n) is 1.51. The van der Waals surface area contributed by atoms with Crippen molar-refractivity contribution in [2.45, 2.75) is 18.9 Å². The van der Waals surface area contributed by atoms with E-state index >= 15 is 0 Å². The Balaban J connectivity index is 3.19. The van der Waals surface area contributed by atoms with Crippen molar-refractivity contribution in [2.24, 2.45) is 0 Å². The van der Waals surface area contributed by atoms with Crippen molar-refractivity contribution in [3.05, 3.63) is 22.2 Å². The second kappa shape index (κ2) is 4.93. The van der Waals surface area contributed by atoms with Gasteiger partial charge in [0.05, 0.1) is 0 Å². The van der Waals surface area contributed by atoms with Gasteiger partial charge in [-0.25, -0.2) is 0 Å². The van der Waals surface area contributed by atoms with Crippen LogP contribution in [-0.2, 0) is 0 Å². The summed E-state index contributed by atoms with van der Waals surface area (Å²) in [5.74, 6) is 0.198. The molecule has 0 N–H and O–H groups in total. The van der Waals surface area contributed by atoms with E-state index in [1.165, 1.54) is 13.0 Å². The van der Waals surface area contributed by atoms with Crippen LogP contribution in [0.4, 0.5) is 13.2 Å². The van der Waals surface area contributed by atoms with Crippen molar-refractivity contribution in [3.8, 4) is 5.75 Å². The van der Waals surface area contributed by atoms with E-state index in [1.54, 1.807) is 6.92 Å². The van der Waals surface area contributed by atoms with E-state index in [-0.39, 0.29) is 18.1 Å². The molecule has 0 aliphatic carbocycles. The van der Waals surface area contributed by atoms with Crippen LogP contribution in [0.2, 0.25) is 0 Å². The van der Waals surface area contributed by atoms with Crippen molar-refractivity contribution in [2.75, 3.05) is 6.61 Å². The predicted octanol–water partition coefficient (Wildman–Crippen LogP) is 1.20. The van der Waals surface area contributed by atoms with Crippen molar-refractivity contribution in [3.63, 3.8) is 0 Å². The molecule has 0 spiro atoms. The van der Waals surface area contributed by atoms with Crippen LogP contribution in [-0.4, -0.2) is 26.6 Å². The molecule has 0 unspecified atom stereocenters. The normalized spacial score (nSPS) is 11.6. The summed E-state index contributed by atoms with van der Waals surface area (Å²) in [7, 11) is 0. The minimum absolute atomic E-state index is 0.0337. The fourth-order valence-electron chi connectivity index (χ4n) is 1.04. The molecule has 1 aromatic heterocycles.